The van der Waals surface area contributed by atoms with Crippen LogP contribution >= 0.6 is 12.2 Å². The van der Waals surface area contributed by atoms with Crippen LogP contribution in [0.4, 0.5) is 0 Å². The van der Waals surface area contributed by atoms with Crippen LogP contribution in [-0.4, -0.2) is 42.0 Å². The molecule has 0 saturated heterocycles. The molecule has 1 amide bonds. The Morgan fingerprint density at radius 2 is 2.23 bits per heavy atom. The van der Waals surface area contributed by atoms with E-state index >= 15 is 0 Å². The van der Waals surface area contributed by atoms with Crippen LogP contribution in [0.3, 0.4) is 0 Å². The number of carbonyl (C=O) groups is 1. The van der Waals surface area contributed by atoms with Crippen LogP contribution in [0.15, 0.2) is 35.1 Å². The summed E-state index contributed by atoms with van der Waals surface area (Å²) in [5, 5.41) is 15.1. The highest BCUT2D eigenvalue weighted by Gasteiger charge is 2.19. The third-order valence-electron chi connectivity index (χ3n) is 4.86. The number of rotatable bonds is 7. The van der Waals surface area contributed by atoms with Crippen molar-refractivity contribution in [2.24, 2.45) is 0 Å². The largest absolute Gasteiger partial charge is 0.463 e. The van der Waals surface area contributed by atoms with Crippen molar-refractivity contribution in [1.29, 1.82) is 0 Å². The Balaban J connectivity index is 1.63. The van der Waals surface area contributed by atoms with E-state index in [0.29, 0.717) is 45.8 Å². The van der Waals surface area contributed by atoms with Gasteiger partial charge in [0.1, 0.15) is 11.5 Å². The first kappa shape index (κ1) is 20.0. The number of nitrogens with zero attached hydrogens (tertiary/aromatic N) is 5. The van der Waals surface area contributed by atoms with Crippen molar-refractivity contribution in [3.8, 4) is 11.5 Å². The van der Waals surface area contributed by atoms with Crippen molar-refractivity contribution in [2.75, 3.05) is 6.54 Å². The molecule has 0 atom stereocenters. The summed E-state index contributed by atoms with van der Waals surface area (Å²) in [7, 11) is 0. The summed E-state index contributed by atoms with van der Waals surface area (Å²) in [5.74, 6) is 1.21. The smallest absolute Gasteiger partial charge is 0.252 e. The molecule has 9 nitrogen and oxygen atoms in total. The highest BCUT2D eigenvalue weighted by atomic mass is 32.1. The van der Waals surface area contributed by atoms with Crippen molar-refractivity contribution in [2.45, 2.75) is 39.8 Å². The Kier molecular flexibility index (Phi) is 5.49. The molecular formula is C20H23N7O2S. The number of H-pyrrole nitrogens is 1. The molecular weight excluding hydrogens is 402 g/mol. The van der Waals surface area contributed by atoms with Gasteiger partial charge in [0.05, 0.1) is 23.4 Å². The molecule has 0 aliphatic rings. The van der Waals surface area contributed by atoms with Crippen molar-refractivity contribution in [3.63, 3.8) is 0 Å². The molecule has 0 bridgehead atoms. The number of hydrogen-bond donors (Lipinski definition) is 2. The van der Waals surface area contributed by atoms with E-state index in [0.717, 1.165) is 12.4 Å². The Bertz CT molecular complexity index is 1230. The van der Waals surface area contributed by atoms with Gasteiger partial charge >= 0.3 is 0 Å². The van der Waals surface area contributed by atoms with Crippen LogP contribution < -0.4 is 5.32 Å². The maximum atomic E-state index is 13.0. The first-order valence-electron chi connectivity index (χ1n) is 9.84. The van der Waals surface area contributed by atoms with Crippen molar-refractivity contribution < 1.29 is 9.21 Å². The van der Waals surface area contributed by atoms with E-state index in [1.165, 1.54) is 0 Å². The molecule has 4 aromatic rings. The van der Waals surface area contributed by atoms with Gasteiger partial charge in [-0.15, -0.1) is 0 Å². The second-order valence-corrected chi connectivity index (χ2v) is 7.53. The predicted octanol–water partition coefficient (Wildman–Crippen LogP) is 3.52. The predicted molar refractivity (Wildman–Crippen MR) is 115 cm³/mol. The average molecular weight is 426 g/mol. The highest BCUT2D eigenvalue weighted by molar-refractivity contribution is 7.71. The Labute approximate surface area is 178 Å². The summed E-state index contributed by atoms with van der Waals surface area (Å²) in [6.45, 7) is 7.20. The number of amides is 1. The van der Waals surface area contributed by atoms with Crippen LogP contribution in [0.2, 0.25) is 0 Å². The van der Waals surface area contributed by atoms with E-state index in [2.05, 4.69) is 20.6 Å². The zero-order chi connectivity index (χ0) is 21.3. The van der Waals surface area contributed by atoms with Crippen LogP contribution in [0.25, 0.3) is 22.5 Å². The molecule has 0 spiro atoms. The minimum Gasteiger partial charge on any atom is -0.463 e. The molecule has 0 fully saturated rings. The minimum absolute atomic E-state index is 0.106. The van der Waals surface area contributed by atoms with E-state index in [1.807, 2.05) is 31.4 Å². The standard InChI is InChI=1S/C20H23N7O2S/c1-4-26-17(24-25-20(26)30)7-8-21-19(28)13-10-15(16-6-5-9-29-16)23-18-14(13)11-22-27(18)12(2)3/h5-6,9-12H,4,7-8H2,1-3H3,(H,21,28)(H,25,30). The molecule has 4 heterocycles. The van der Waals surface area contributed by atoms with Crippen LogP contribution in [-0.2, 0) is 13.0 Å². The van der Waals surface area contributed by atoms with E-state index in [9.17, 15) is 4.79 Å². The quantitative estimate of drug-likeness (QED) is 0.439. The van der Waals surface area contributed by atoms with Crippen LogP contribution in [0.5, 0.6) is 0 Å². The third kappa shape index (κ3) is 3.65. The third-order valence-corrected chi connectivity index (χ3v) is 5.17. The number of fused-ring (bicyclic) bond motifs is 1. The number of nitrogens with one attached hydrogen (secondary N) is 2. The SMILES string of the molecule is CCn1c(CCNC(=O)c2cc(-c3ccco3)nc3c2cnn3C(C)C)n[nH]c1=S. The second kappa shape index (κ2) is 8.23. The summed E-state index contributed by atoms with van der Waals surface area (Å²) in [4.78, 5) is 17.7. The molecule has 4 aromatic heterocycles. The lowest BCUT2D eigenvalue weighted by molar-refractivity contribution is 0.0955. The van der Waals surface area contributed by atoms with Gasteiger partial charge in [-0.25, -0.2) is 9.67 Å². The molecule has 0 aliphatic heterocycles. The average Bonchev–Trinajstić information content (AvgIpc) is 3.46. The molecule has 2 N–H and O–H groups in total. The maximum Gasteiger partial charge on any atom is 0.252 e. The summed E-state index contributed by atoms with van der Waals surface area (Å²) >= 11 is 5.21. The zero-order valence-electron chi connectivity index (χ0n) is 17.0. The minimum atomic E-state index is -0.198. The van der Waals surface area contributed by atoms with Gasteiger partial charge in [0.15, 0.2) is 16.2 Å². The number of carbonyl (C=O) groups excluding carboxylic acids is 1. The lowest BCUT2D eigenvalue weighted by Gasteiger charge is -2.10. The van der Waals surface area contributed by atoms with E-state index in [1.54, 1.807) is 29.3 Å². The van der Waals surface area contributed by atoms with Gasteiger partial charge in [-0.2, -0.15) is 10.2 Å². The number of furan rings is 1. The van der Waals surface area contributed by atoms with Crippen LogP contribution in [0.1, 0.15) is 43.0 Å². The molecule has 0 unspecified atom stereocenters. The topological polar surface area (TPSA) is 107 Å². The Morgan fingerprint density at radius 1 is 1.40 bits per heavy atom. The molecule has 0 aromatic carbocycles. The van der Waals surface area contributed by atoms with Gasteiger partial charge < -0.3 is 14.3 Å². The summed E-state index contributed by atoms with van der Waals surface area (Å²) in [6.07, 6.45) is 3.84. The molecule has 30 heavy (non-hydrogen) atoms. The van der Waals surface area contributed by atoms with Crippen molar-refractivity contribution in [1.82, 2.24) is 34.8 Å². The normalized spacial score (nSPS) is 11.5. The Hall–Kier alpha value is -3.27. The molecule has 10 heteroatoms. The van der Waals surface area contributed by atoms with Gasteiger partial charge in [-0.1, -0.05) is 0 Å². The van der Waals surface area contributed by atoms with Gasteiger partial charge in [-0.05, 0) is 51.2 Å². The fraction of sp³-hybridized carbons (Fsp3) is 0.350. The number of pyridine rings is 1. The number of aromatic amines is 1. The Morgan fingerprint density at radius 3 is 2.93 bits per heavy atom. The van der Waals surface area contributed by atoms with Gasteiger partial charge in [0.25, 0.3) is 5.91 Å². The van der Waals surface area contributed by atoms with Crippen molar-refractivity contribution in [3.05, 3.63) is 46.8 Å². The molecule has 0 saturated carbocycles. The van der Waals surface area contributed by atoms with Crippen molar-refractivity contribution >= 4 is 29.2 Å². The van der Waals surface area contributed by atoms with E-state index in [-0.39, 0.29) is 11.9 Å². The molecule has 156 valence electrons. The lowest BCUT2D eigenvalue weighted by atomic mass is 10.1. The van der Waals surface area contributed by atoms with E-state index in [4.69, 9.17) is 21.6 Å². The zero-order valence-corrected chi connectivity index (χ0v) is 17.9. The summed E-state index contributed by atoms with van der Waals surface area (Å²) < 4.78 is 9.79. The van der Waals surface area contributed by atoms with Gasteiger partial charge in [0.2, 0.25) is 0 Å². The van der Waals surface area contributed by atoms with E-state index < -0.39 is 0 Å². The van der Waals surface area contributed by atoms with Gasteiger partial charge in [0, 0.05) is 25.6 Å². The fourth-order valence-electron chi connectivity index (χ4n) is 3.38. The lowest BCUT2D eigenvalue weighted by Crippen LogP contribution is -2.27. The number of aromatic nitrogens is 6. The molecule has 0 aliphatic carbocycles. The second-order valence-electron chi connectivity index (χ2n) is 7.15. The first-order valence-corrected chi connectivity index (χ1v) is 10.2. The molecule has 0 radical (unpaired) electrons. The maximum absolute atomic E-state index is 13.0. The summed E-state index contributed by atoms with van der Waals surface area (Å²) in [5.41, 5.74) is 1.75. The molecule has 4 rings (SSSR count). The fourth-order valence-corrected chi connectivity index (χ4v) is 3.66. The summed E-state index contributed by atoms with van der Waals surface area (Å²) in [6, 6.07) is 5.46. The highest BCUT2D eigenvalue weighted by Crippen LogP contribution is 2.26. The van der Waals surface area contributed by atoms with Crippen LogP contribution in [0, 0.1) is 4.77 Å². The number of hydrogen-bond acceptors (Lipinski definition) is 6. The monoisotopic (exact) mass is 425 g/mol. The first-order chi connectivity index (χ1) is 14.5. The van der Waals surface area contributed by atoms with Gasteiger partial charge in [-0.3, -0.25) is 9.89 Å².